The Kier molecular flexibility index (Phi) is 3.50. The normalized spacial score (nSPS) is 11.0. The van der Waals surface area contributed by atoms with Gasteiger partial charge < -0.3 is 5.32 Å². The number of hydrogen-bond acceptors (Lipinski definition) is 3. The largest absolute Gasteiger partial charge is 0.329 e. The molecule has 7 heteroatoms. The number of rotatable bonds is 2. The Morgan fingerprint density at radius 2 is 1.70 bits per heavy atom. The van der Waals surface area contributed by atoms with E-state index in [1.807, 2.05) is 0 Å². The van der Waals surface area contributed by atoms with Gasteiger partial charge in [0.2, 0.25) is 0 Å². The van der Waals surface area contributed by atoms with E-state index in [1.165, 1.54) is 23.5 Å². The second-order valence-corrected chi connectivity index (χ2v) is 5.85. The Morgan fingerprint density at radius 3 is 2.40 bits per heavy atom. The predicted octanol–water partition coefficient (Wildman–Crippen LogP) is 5.62. The third-order valence-corrected chi connectivity index (χ3v) is 4.14. The maximum atomic E-state index is 13.1. The lowest BCUT2D eigenvalue weighted by Crippen LogP contribution is -1.92. The summed E-state index contributed by atoms with van der Waals surface area (Å²) in [7, 11) is 0. The molecule has 20 heavy (non-hydrogen) atoms. The Morgan fingerprint density at radius 1 is 1.00 bits per heavy atom. The Hall–Kier alpha value is -1.43. The van der Waals surface area contributed by atoms with E-state index in [1.54, 1.807) is 6.07 Å². The van der Waals surface area contributed by atoms with Gasteiger partial charge in [0.1, 0.15) is 11.6 Å². The third-order valence-electron chi connectivity index (χ3n) is 2.59. The van der Waals surface area contributed by atoms with Gasteiger partial charge in [0.25, 0.3) is 0 Å². The summed E-state index contributed by atoms with van der Waals surface area (Å²) in [6, 6.07) is 6.65. The zero-order chi connectivity index (χ0) is 14.3. The number of halogens is 4. The van der Waals surface area contributed by atoms with Crippen molar-refractivity contribution >= 4 is 55.6 Å². The van der Waals surface area contributed by atoms with Crippen LogP contribution in [0.1, 0.15) is 0 Å². The summed E-state index contributed by atoms with van der Waals surface area (Å²) in [6.45, 7) is 0. The topological polar surface area (TPSA) is 24.9 Å². The highest BCUT2D eigenvalue weighted by molar-refractivity contribution is 7.22. The molecule has 1 heterocycles. The van der Waals surface area contributed by atoms with Gasteiger partial charge in [-0.1, -0.05) is 34.5 Å². The molecule has 0 fully saturated rings. The molecule has 0 aliphatic heterocycles. The number of aromatic nitrogens is 1. The Labute approximate surface area is 127 Å². The van der Waals surface area contributed by atoms with Crippen LogP contribution in [0, 0.1) is 11.6 Å². The molecule has 2 nitrogen and oxygen atoms in total. The molecule has 0 spiro atoms. The van der Waals surface area contributed by atoms with Crippen LogP contribution in [-0.4, -0.2) is 4.98 Å². The first kappa shape index (κ1) is 13.5. The van der Waals surface area contributed by atoms with Crippen molar-refractivity contribution in [3.05, 3.63) is 52.0 Å². The van der Waals surface area contributed by atoms with Crippen LogP contribution in [0.2, 0.25) is 10.0 Å². The quantitative estimate of drug-likeness (QED) is 0.659. The molecule has 3 aromatic rings. The second kappa shape index (κ2) is 5.16. The fourth-order valence-electron chi connectivity index (χ4n) is 1.72. The van der Waals surface area contributed by atoms with Gasteiger partial charge in [-0.2, -0.15) is 0 Å². The maximum Gasteiger partial charge on any atom is 0.188 e. The first-order valence-corrected chi connectivity index (χ1v) is 7.08. The molecule has 0 aliphatic rings. The Balaban J connectivity index is 2.01. The van der Waals surface area contributed by atoms with Crippen LogP contribution in [0.25, 0.3) is 10.2 Å². The molecule has 1 N–H and O–H groups in total. The van der Waals surface area contributed by atoms with Gasteiger partial charge in [-0.05, 0) is 24.3 Å². The number of thiazole rings is 1. The molecule has 102 valence electrons. The van der Waals surface area contributed by atoms with Crippen molar-refractivity contribution in [3.63, 3.8) is 0 Å². The van der Waals surface area contributed by atoms with Crippen LogP contribution in [0.5, 0.6) is 0 Å². The number of fused-ring (bicyclic) bond motifs is 1. The molecule has 0 bridgehead atoms. The summed E-state index contributed by atoms with van der Waals surface area (Å²) in [5.74, 6) is -0.871. The van der Waals surface area contributed by atoms with E-state index in [0.717, 1.165) is 16.8 Å². The molecule has 0 saturated heterocycles. The molecule has 0 amide bonds. The van der Waals surface area contributed by atoms with Crippen LogP contribution in [0.4, 0.5) is 19.6 Å². The van der Waals surface area contributed by atoms with Gasteiger partial charge >= 0.3 is 0 Å². The summed E-state index contributed by atoms with van der Waals surface area (Å²) in [4.78, 5) is 4.23. The van der Waals surface area contributed by atoms with Crippen molar-refractivity contribution < 1.29 is 8.78 Å². The summed E-state index contributed by atoms with van der Waals surface area (Å²) in [5.41, 5.74) is 0.904. The number of nitrogens with one attached hydrogen (secondary N) is 1. The van der Waals surface area contributed by atoms with Gasteiger partial charge in [-0.15, -0.1) is 0 Å². The maximum absolute atomic E-state index is 13.1. The first-order valence-electron chi connectivity index (χ1n) is 5.50. The van der Waals surface area contributed by atoms with Gasteiger partial charge in [-0.25, -0.2) is 13.8 Å². The fraction of sp³-hybridized carbons (Fsp3) is 0. The molecule has 2 aromatic carbocycles. The molecule has 0 atom stereocenters. The van der Waals surface area contributed by atoms with E-state index in [4.69, 9.17) is 23.2 Å². The van der Waals surface area contributed by atoms with Crippen LogP contribution >= 0.6 is 34.5 Å². The minimum absolute atomic E-state index is 0.153. The number of hydrogen-bond donors (Lipinski definition) is 1. The van der Waals surface area contributed by atoms with E-state index >= 15 is 0 Å². The summed E-state index contributed by atoms with van der Waals surface area (Å²) in [6.07, 6.45) is 0. The monoisotopic (exact) mass is 330 g/mol. The molecule has 3 rings (SSSR count). The van der Waals surface area contributed by atoms with Crippen LogP contribution < -0.4 is 5.32 Å². The number of nitrogens with zero attached hydrogens (tertiary/aromatic N) is 1. The summed E-state index contributed by atoms with van der Waals surface area (Å²) in [5, 5.41) is 3.74. The summed E-state index contributed by atoms with van der Waals surface area (Å²) < 4.78 is 27.0. The van der Waals surface area contributed by atoms with Crippen molar-refractivity contribution in [2.45, 2.75) is 0 Å². The standard InChI is InChI=1S/C13H6Cl2F2N2S/c14-8-3-7(17)4-9(15)12(8)19-13-18-10-5-6(16)1-2-11(10)20-13/h1-5H,(H,18,19). The zero-order valence-corrected chi connectivity index (χ0v) is 12.1. The SMILES string of the molecule is Fc1cc(Cl)c(Nc2nc3cc(F)ccc3s2)c(Cl)c1. The van der Waals surface area contributed by atoms with Crippen LogP contribution in [0.15, 0.2) is 30.3 Å². The number of anilines is 2. The van der Waals surface area contributed by atoms with Crippen molar-refractivity contribution in [1.29, 1.82) is 0 Å². The minimum atomic E-state index is -0.517. The highest BCUT2D eigenvalue weighted by Crippen LogP contribution is 2.36. The van der Waals surface area contributed by atoms with Gasteiger partial charge in [0.05, 0.1) is 25.9 Å². The Bertz CT molecular complexity index is 781. The molecule has 1 aromatic heterocycles. The molecule has 0 aliphatic carbocycles. The smallest absolute Gasteiger partial charge is 0.188 e. The van der Waals surface area contributed by atoms with Gasteiger partial charge in [0.15, 0.2) is 5.13 Å². The second-order valence-electron chi connectivity index (χ2n) is 4.00. The molecular weight excluding hydrogens is 325 g/mol. The lowest BCUT2D eigenvalue weighted by atomic mass is 10.3. The molecular formula is C13H6Cl2F2N2S. The lowest BCUT2D eigenvalue weighted by molar-refractivity contribution is 0.628. The average molecular weight is 331 g/mol. The van der Waals surface area contributed by atoms with E-state index in [0.29, 0.717) is 16.3 Å². The third kappa shape index (κ3) is 2.57. The highest BCUT2D eigenvalue weighted by atomic mass is 35.5. The van der Waals surface area contributed by atoms with Gasteiger partial charge in [-0.3, -0.25) is 0 Å². The number of benzene rings is 2. The minimum Gasteiger partial charge on any atom is -0.329 e. The lowest BCUT2D eigenvalue weighted by Gasteiger charge is -2.07. The zero-order valence-electron chi connectivity index (χ0n) is 9.75. The summed E-state index contributed by atoms with van der Waals surface area (Å²) >= 11 is 13.2. The van der Waals surface area contributed by atoms with E-state index in [9.17, 15) is 8.78 Å². The highest BCUT2D eigenvalue weighted by Gasteiger charge is 2.11. The van der Waals surface area contributed by atoms with Crippen LogP contribution in [-0.2, 0) is 0 Å². The van der Waals surface area contributed by atoms with Crippen LogP contribution in [0.3, 0.4) is 0 Å². The first-order chi connectivity index (χ1) is 9.52. The van der Waals surface area contributed by atoms with E-state index < -0.39 is 5.82 Å². The predicted molar refractivity (Wildman–Crippen MR) is 79.3 cm³/mol. The molecule has 0 unspecified atom stereocenters. The van der Waals surface area contributed by atoms with Crippen molar-refractivity contribution in [1.82, 2.24) is 4.98 Å². The fourth-order valence-corrected chi connectivity index (χ4v) is 3.13. The van der Waals surface area contributed by atoms with Crippen molar-refractivity contribution in [3.8, 4) is 0 Å². The van der Waals surface area contributed by atoms with Crippen molar-refractivity contribution in [2.24, 2.45) is 0 Å². The molecule has 0 saturated carbocycles. The average Bonchev–Trinajstić information content (AvgIpc) is 2.75. The molecule has 0 radical (unpaired) electrons. The van der Waals surface area contributed by atoms with Crippen molar-refractivity contribution in [2.75, 3.05) is 5.32 Å². The van der Waals surface area contributed by atoms with E-state index in [-0.39, 0.29) is 15.9 Å². The van der Waals surface area contributed by atoms with Gasteiger partial charge in [0, 0.05) is 6.07 Å². The van der Waals surface area contributed by atoms with E-state index in [2.05, 4.69) is 10.3 Å².